The molecule has 2 aliphatic rings. The third kappa shape index (κ3) is 5.81. The summed E-state index contributed by atoms with van der Waals surface area (Å²) in [7, 11) is 0. The molecule has 7 nitrogen and oxygen atoms in total. The lowest BCUT2D eigenvalue weighted by Crippen LogP contribution is -2.56. The maximum atomic E-state index is 11.7. The molecule has 7 heteroatoms. The van der Waals surface area contributed by atoms with Gasteiger partial charge in [-0.25, -0.2) is 4.79 Å². The van der Waals surface area contributed by atoms with Crippen LogP contribution in [0, 0.1) is 5.92 Å². The number of nitrogens with zero attached hydrogens (tertiary/aromatic N) is 1. The lowest BCUT2D eigenvalue weighted by molar-refractivity contribution is -0.139. The van der Waals surface area contributed by atoms with Crippen molar-refractivity contribution in [1.29, 1.82) is 0 Å². The van der Waals surface area contributed by atoms with Crippen molar-refractivity contribution < 1.29 is 19.4 Å². The molecular weight excluding hydrogens is 286 g/mol. The van der Waals surface area contributed by atoms with E-state index in [1.165, 1.54) is 12.8 Å². The molecule has 0 spiro atoms. The lowest BCUT2D eigenvalue weighted by atomic mass is 9.85. The van der Waals surface area contributed by atoms with Crippen LogP contribution in [0.5, 0.6) is 0 Å². The molecule has 0 atom stereocenters. The van der Waals surface area contributed by atoms with E-state index in [1.54, 1.807) is 0 Å². The standard InChI is InChI=1S/C15H27N3O4/c1-2-18(9-14(19)20)13-7-12(8-13)17-15(21)16-5-6-22-10-11-3-4-11/h11-13H,2-10H2,1H3,(H,19,20)(H2,16,17,21). The zero-order valence-electron chi connectivity index (χ0n) is 13.2. The van der Waals surface area contributed by atoms with E-state index < -0.39 is 5.97 Å². The van der Waals surface area contributed by atoms with E-state index in [4.69, 9.17) is 9.84 Å². The second-order valence-electron chi connectivity index (χ2n) is 6.20. The summed E-state index contributed by atoms with van der Waals surface area (Å²) in [6, 6.07) is 0.230. The van der Waals surface area contributed by atoms with Crippen molar-refractivity contribution in [2.24, 2.45) is 5.92 Å². The van der Waals surface area contributed by atoms with Crippen LogP contribution in [-0.4, -0.2) is 66.9 Å². The van der Waals surface area contributed by atoms with Crippen LogP contribution in [0.3, 0.4) is 0 Å². The number of urea groups is 1. The molecule has 0 aromatic carbocycles. The predicted molar refractivity (Wildman–Crippen MR) is 81.8 cm³/mol. The third-order valence-corrected chi connectivity index (χ3v) is 4.29. The van der Waals surface area contributed by atoms with E-state index in [9.17, 15) is 9.59 Å². The summed E-state index contributed by atoms with van der Waals surface area (Å²) >= 11 is 0. The molecule has 2 fully saturated rings. The number of amides is 2. The molecule has 0 heterocycles. The van der Waals surface area contributed by atoms with Crippen molar-refractivity contribution in [2.75, 3.05) is 32.8 Å². The molecule has 2 amide bonds. The number of ether oxygens (including phenoxy) is 1. The first-order valence-corrected chi connectivity index (χ1v) is 8.16. The first kappa shape index (κ1) is 17.0. The smallest absolute Gasteiger partial charge is 0.317 e. The number of carbonyl (C=O) groups is 2. The number of nitrogens with one attached hydrogen (secondary N) is 2. The number of rotatable bonds is 10. The molecular formula is C15H27N3O4. The Morgan fingerprint density at radius 2 is 2.05 bits per heavy atom. The van der Waals surface area contributed by atoms with Crippen LogP contribution in [-0.2, 0) is 9.53 Å². The fourth-order valence-corrected chi connectivity index (χ4v) is 2.68. The van der Waals surface area contributed by atoms with E-state index in [1.807, 2.05) is 11.8 Å². The Kier molecular flexibility index (Phi) is 6.45. The van der Waals surface area contributed by atoms with Crippen molar-refractivity contribution in [3.8, 4) is 0 Å². The highest BCUT2D eigenvalue weighted by molar-refractivity contribution is 5.74. The van der Waals surface area contributed by atoms with Gasteiger partial charge in [-0.05, 0) is 38.1 Å². The summed E-state index contributed by atoms with van der Waals surface area (Å²) in [5.41, 5.74) is 0. The Labute approximate surface area is 131 Å². The molecule has 22 heavy (non-hydrogen) atoms. The highest BCUT2D eigenvalue weighted by Gasteiger charge is 2.34. The van der Waals surface area contributed by atoms with E-state index >= 15 is 0 Å². The first-order valence-electron chi connectivity index (χ1n) is 8.16. The average Bonchev–Trinajstić information content (AvgIpc) is 3.23. The molecule has 0 aromatic heterocycles. The molecule has 0 saturated heterocycles. The molecule has 2 aliphatic carbocycles. The van der Waals surface area contributed by atoms with Crippen molar-refractivity contribution in [3.63, 3.8) is 0 Å². The van der Waals surface area contributed by atoms with Gasteiger partial charge < -0.3 is 20.5 Å². The Morgan fingerprint density at radius 1 is 1.32 bits per heavy atom. The Balaban J connectivity index is 1.50. The van der Waals surface area contributed by atoms with E-state index in [0.29, 0.717) is 19.7 Å². The fourth-order valence-electron chi connectivity index (χ4n) is 2.68. The van der Waals surface area contributed by atoms with Crippen LogP contribution >= 0.6 is 0 Å². The highest BCUT2D eigenvalue weighted by atomic mass is 16.5. The highest BCUT2D eigenvalue weighted by Crippen LogP contribution is 2.28. The first-order chi connectivity index (χ1) is 10.6. The number of aliphatic carboxylic acids is 1. The summed E-state index contributed by atoms with van der Waals surface area (Å²) < 4.78 is 5.45. The number of hydrogen-bond donors (Lipinski definition) is 3. The molecule has 0 bridgehead atoms. The van der Waals surface area contributed by atoms with E-state index in [-0.39, 0.29) is 24.7 Å². The molecule has 0 aromatic rings. The predicted octanol–water partition coefficient (Wildman–Crippen LogP) is 0.650. The van der Waals surface area contributed by atoms with Crippen molar-refractivity contribution in [1.82, 2.24) is 15.5 Å². The minimum Gasteiger partial charge on any atom is -0.480 e. The monoisotopic (exact) mass is 313 g/mol. The number of hydrogen-bond acceptors (Lipinski definition) is 4. The molecule has 2 saturated carbocycles. The van der Waals surface area contributed by atoms with Gasteiger partial charge >= 0.3 is 12.0 Å². The minimum absolute atomic E-state index is 0.0679. The Hall–Kier alpha value is -1.34. The zero-order chi connectivity index (χ0) is 15.9. The van der Waals surface area contributed by atoms with Gasteiger partial charge in [0.15, 0.2) is 0 Å². The SMILES string of the molecule is CCN(CC(=O)O)C1CC(NC(=O)NCCOCC2CC2)C1. The Morgan fingerprint density at radius 3 is 2.64 bits per heavy atom. The number of carbonyl (C=O) groups excluding carboxylic acids is 1. The topological polar surface area (TPSA) is 90.9 Å². The second kappa shape index (κ2) is 8.33. The average molecular weight is 313 g/mol. The summed E-state index contributed by atoms with van der Waals surface area (Å²) in [6.45, 7) is 4.63. The number of carboxylic acid groups (broad SMARTS) is 1. The molecule has 3 N–H and O–H groups in total. The lowest BCUT2D eigenvalue weighted by Gasteiger charge is -2.42. The van der Waals surface area contributed by atoms with Gasteiger partial charge in [0.05, 0.1) is 13.2 Å². The summed E-state index contributed by atoms with van der Waals surface area (Å²) in [4.78, 5) is 24.4. The van der Waals surface area contributed by atoms with Gasteiger partial charge in [0.1, 0.15) is 0 Å². The van der Waals surface area contributed by atoms with Gasteiger partial charge in [-0.2, -0.15) is 0 Å². The third-order valence-electron chi connectivity index (χ3n) is 4.29. The van der Waals surface area contributed by atoms with Gasteiger partial charge in [0.2, 0.25) is 0 Å². The number of likely N-dealkylation sites (N-methyl/N-ethyl adjacent to an activating group) is 1. The van der Waals surface area contributed by atoms with Crippen molar-refractivity contribution >= 4 is 12.0 Å². The molecule has 126 valence electrons. The van der Waals surface area contributed by atoms with E-state index in [2.05, 4.69) is 10.6 Å². The van der Waals surface area contributed by atoms with E-state index in [0.717, 1.165) is 25.4 Å². The maximum absolute atomic E-state index is 11.7. The Bertz CT molecular complexity index is 381. The quantitative estimate of drug-likeness (QED) is 0.515. The van der Waals surface area contributed by atoms with Gasteiger partial charge in [-0.3, -0.25) is 9.69 Å². The summed E-state index contributed by atoms with van der Waals surface area (Å²) in [5.74, 6) is -0.0600. The molecule has 0 unspecified atom stereocenters. The largest absolute Gasteiger partial charge is 0.480 e. The molecule has 0 aliphatic heterocycles. The van der Waals surface area contributed by atoms with Gasteiger partial charge in [0.25, 0.3) is 0 Å². The van der Waals surface area contributed by atoms with Crippen LogP contribution in [0.25, 0.3) is 0 Å². The van der Waals surface area contributed by atoms with Crippen LogP contribution in [0.1, 0.15) is 32.6 Å². The van der Waals surface area contributed by atoms with Crippen molar-refractivity contribution in [2.45, 2.75) is 44.7 Å². The van der Waals surface area contributed by atoms with Gasteiger partial charge in [-0.15, -0.1) is 0 Å². The maximum Gasteiger partial charge on any atom is 0.317 e. The van der Waals surface area contributed by atoms with Gasteiger partial charge in [-0.1, -0.05) is 6.92 Å². The number of carboxylic acids is 1. The summed E-state index contributed by atoms with van der Waals surface area (Å²) in [6.07, 6.45) is 4.17. The molecule has 0 radical (unpaired) electrons. The van der Waals surface area contributed by atoms with Crippen LogP contribution in [0.2, 0.25) is 0 Å². The van der Waals surface area contributed by atoms with Crippen LogP contribution in [0.15, 0.2) is 0 Å². The van der Waals surface area contributed by atoms with Crippen molar-refractivity contribution in [3.05, 3.63) is 0 Å². The molecule has 2 rings (SSSR count). The van der Waals surface area contributed by atoms with Crippen LogP contribution in [0.4, 0.5) is 4.79 Å². The zero-order valence-corrected chi connectivity index (χ0v) is 13.2. The summed E-state index contributed by atoms with van der Waals surface area (Å²) in [5, 5.41) is 14.5. The fraction of sp³-hybridized carbons (Fsp3) is 0.867. The second-order valence-corrected chi connectivity index (χ2v) is 6.20. The van der Waals surface area contributed by atoms with Crippen LogP contribution < -0.4 is 10.6 Å². The van der Waals surface area contributed by atoms with Gasteiger partial charge in [0, 0.05) is 25.2 Å². The minimum atomic E-state index is -0.804. The normalized spacial score (nSPS) is 23.9.